The molecule has 0 N–H and O–H groups in total. The minimum Gasteiger partial charge on any atom is -0.377 e. The van der Waals surface area contributed by atoms with Gasteiger partial charge in [0.25, 0.3) is 0 Å². The summed E-state index contributed by atoms with van der Waals surface area (Å²) in [5, 5.41) is 3.04. The fourth-order valence-corrected chi connectivity index (χ4v) is 3.12. The van der Waals surface area contributed by atoms with E-state index in [1.165, 1.54) is 24.8 Å². The van der Waals surface area contributed by atoms with Gasteiger partial charge >= 0.3 is 0 Å². The van der Waals surface area contributed by atoms with Crippen molar-refractivity contribution in [3.63, 3.8) is 0 Å². The van der Waals surface area contributed by atoms with Gasteiger partial charge in [-0.2, -0.15) is 0 Å². The fourth-order valence-electron chi connectivity index (χ4n) is 2.07. The van der Waals surface area contributed by atoms with Gasteiger partial charge < -0.3 is 4.74 Å². The molecule has 1 aromatic carbocycles. The molecule has 4 heteroatoms. The van der Waals surface area contributed by atoms with Crippen LogP contribution in [0.1, 0.15) is 43.9 Å². The third-order valence-electron chi connectivity index (χ3n) is 3.30. The van der Waals surface area contributed by atoms with Crippen LogP contribution in [0.15, 0.2) is 29.6 Å². The first-order valence-corrected chi connectivity index (χ1v) is 8.92. The molecule has 1 aromatic heterocycles. The zero-order valence-electron chi connectivity index (χ0n) is 12.5. The number of aromatic nitrogens is 1. The Morgan fingerprint density at radius 1 is 1.14 bits per heavy atom. The second-order valence-corrected chi connectivity index (χ2v) is 6.21. The first-order chi connectivity index (χ1) is 10.3. The highest BCUT2D eigenvalue weighted by Crippen LogP contribution is 2.24. The van der Waals surface area contributed by atoms with Crippen molar-refractivity contribution in [1.29, 1.82) is 0 Å². The monoisotopic (exact) mass is 323 g/mol. The fraction of sp³-hybridized carbons (Fsp3) is 0.471. The van der Waals surface area contributed by atoms with E-state index in [-0.39, 0.29) is 0 Å². The second kappa shape index (κ2) is 9.19. The van der Waals surface area contributed by atoms with Gasteiger partial charge in [-0.1, -0.05) is 50.5 Å². The summed E-state index contributed by atoms with van der Waals surface area (Å²) in [7, 11) is 0. The Balaban J connectivity index is 1.79. The average Bonchev–Trinajstić information content (AvgIpc) is 3.00. The Labute approximate surface area is 136 Å². The number of hydrogen-bond donors (Lipinski definition) is 0. The summed E-state index contributed by atoms with van der Waals surface area (Å²) >= 11 is 7.42. The second-order valence-electron chi connectivity index (χ2n) is 5.09. The van der Waals surface area contributed by atoms with Crippen LogP contribution in [0.25, 0.3) is 10.6 Å². The van der Waals surface area contributed by atoms with Crippen molar-refractivity contribution in [3.05, 3.63) is 40.9 Å². The molecule has 2 rings (SSSR count). The molecule has 114 valence electrons. The molecule has 0 bridgehead atoms. The van der Waals surface area contributed by atoms with Gasteiger partial charge in [0.2, 0.25) is 0 Å². The molecule has 21 heavy (non-hydrogen) atoms. The van der Waals surface area contributed by atoms with Crippen molar-refractivity contribution in [2.45, 2.75) is 45.1 Å². The lowest BCUT2D eigenvalue weighted by Crippen LogP contribution is -1.95. The van der Waals surface area contributed by atoms with Gasteiger partial charge in [-0.15, -0.1) is 22.9 Å². The van der Waals surface area contributed by atoms with E-state index in [9.17, 15) is 0 Å². The highest BCUT2D eigenvalue weighted by atomic mass is 35.5. The summed E-state index contributed by atoms with van der Waals surface area (Å²) in [6.07, 6.45) is 4.99. The van der Waals surface area contributed by atoms with Crippen molar-refractivity contribution in [1.82, 2.24) is 4.98 Å². The van der Waals surface area contributed by atoms with Crippen LogP contribution in [-0.4, -0.2) is 11.6 Å². The number of nitrogens with zero attached hydrogens (tertiary/aromatic N) is 1. The predicted molar refractivity (Wildman–Crippen MR) is 90.9 cm³/mol. The Bertz CT molecular complexity index is 524. The standard InChI is InChI=1S/C17H22ClNOS/c1-2-3-4-5-10-20-12-14-6-8-15(9-7-14)17-19-16(11-18)13-21-17/h6-9,13H,2-5,10-12H2,1H3. The molecule has 0 aliphatic rings. The van der Waals surface area contributed by atoms with E-state index in [4.69, 9.17) is 16.3 Å². The minimum absolute atomic E-state index is 0.473. The van der Waals surface area contributed by atoms with Gasteiger partial charge in [0.1, 0.15) is 5.01 Å². The zero-order valence-corrected chi connectivity index (χ0v) is 14.1. The Morgan fingerprint density at radius 2 is 1.95 bits per heavy atom. The quantitative estimate of drug-likeness (QED) is 0.439. The van der Waals surface area contributed by atoms with Crippen molar-refractivity contribution in [2.24, 2.45) is 0 Å². The molecule has 0 spiro atoms. The first kappa shape index (κ1) is 16.5. The third kappa shape index (κ3) is 5.42. The predicted octanol–water partition coefficient (Wildman–Crippen LogP) is 5.65. The van der Waals surface area contributed by atoms with Crippen LogP contribution in [0, 0.1) is 0 Å². The molecular weight excluding hydrogens is 302 g/mol. The maximum Gasteiger partial charge on any atom is 0.123 e. The number of rotatable bonds is 9. The van der Waals surface area contributed by atoms with E-state index in [1.807, 2.05) is 5.38 Å². The van der Waals surface area contributed by atoms with Crippen LogP contribution < -0.4 is 0 Å². The lowest BCUT2D eigenvalue weighted by atomic mass is 10.1. The van der Waals surface area contributed by atoms with E-state index in [2.05, 4.69) is 36.2 Å². The molecule has 0 radical (unpaired) electrons. The molecule has 0 saturated heterocycles. The van der Waals surface area contributed by atoms with Gasteiger partial charge in [0.15, 0.2) is 0 Å². The van der Waals surface area contributed by atoms with Crippen LogP contribution in [0.5, 0.6) is 0 Å². The minimum atomic E-state index is 0.473. The van der Waals surface area contributed by atoms with Gasteiger partial charge in [0.05, 0.1) is 18.2 Å². The van der Waals surface area contributed by atoms with E-state index < -0.39 is 0 Å². The van der Waals surface area contributed by atoms with Gasteiger partial charge in [-0.05, 0) is 12.0 Å². The molecule has 0 unspecified atom stereocenters. The lowest BCUT2D eigenvalue weighted by molar-refractivity contribution is 0.117. The SMILES string of the molecule is CCCCCCOCc1ccc(-c2nc(CCl)cs2)cc1. The van der Waals surface area contributed by atoms with Crippen LogP contribution in [0.2, 0.25) is 0 Å². The van der Waals surface area contributed by atoms with Crippen molar-refractivity contribution in [3.8, 4) is 10.6 Å². The molecule has 2 aromatic rings. The number of unbranched alkanes of at least 4 members (excludes halogenated alkanes) is 3. The summed E-state index contributed by atoms with van der Waals surface area (Å²) in [6.45, 7) is 3.77. The maximum absolute atomic E-state index is 5.78. The van der Waals surface area contributed by atoms with Crippen LogP contribution in [0.4, 0.5) is 0 Å². The van der Waals surface area contributed by atoms with Crippen LogP contribution in [0.3, 0.4) is 0 Å². The molecule has 0 saturated carbocycles. The zero-order chi connectivity index (χ0) is 14.9. The number of halogens is 1. The number of ether oxygens (including phenoxy) is 1. The number of benzene rings is 1. The van der Waals surface area contributed by atoms with Gasteiger partial charge in [-0.25, -0.2) is 4.98 Å². The molecule has 0 aliphatic heterocycles. The van der Waals surface area contributed by atoms with Gasteiger partial charge in [0, 0.05) is 17.6 Å². The highest BCUT2D eigenvalue weighted by Gasteiger charge is 2.04. The molecule has 0 amide bonds. The summed E-state index contributed by atoms with van der Waals surface area (Å²) in [4.78, 5) is 4.49. The van der Waals surface area contributed by atoms with E-state index in [1.54, 1.807) is 11.3 Å². The van der Waals surface area contributed by atoms with Crippen molar-refractivity contribution in [2.75, 3.05) is 6.61 Å². The summed E-state index contributed by atoms with van der Waals surface area (Å²) in [5.74, 6) is 0.473. The molecule has 0 fully saturated rings. The molecule has 2 nitrogen and oxygen atoms in total. The van der Waals surface area contributed by atoms with E-state index in [0.29, 0.717) is 12.5 Å². The van der Waals surface area contributed by atoms with Gasteiger partial charge in [-0.3, -0.25) is 0 Å². The van der Waals surface area contributed by atoms with E-state index >= 15 is 0 Å². The van der Waals surface area contributed by atoms with Crippen LogP contribution in [-0.2, 0) is 17.2 Å². The third-order valence-corrected chi connectivity index (χ3v) is 4.51. The highest BCUT2D eigenvalue weighted by molar-refractivity contribution is 7.13. The summed E-state index contributed by atoms with van der Waals surface area (Å²) < 4.78 is 5.70. The summed E-state index contributed by atoms with van der Waals surface area (Å²) in [5.41, 5.74) is 3.29. The van der Waals surface area contributed by atoms with Crippen molar-refractivity contribution >= 4 is 22.9 Å². The normalized spacial score (nSPS) is 11.0. The molecule has 0 aliphatic carbocycles. The smallest absolute Gasteiger partial charge is 0.123 e. The Hall–Kier alpha value is -0.900. The Morgan fingerprint density at radius 3 is 2.62 bits per heavy atom. The van der Waals surface area contributed by atoms with Crippen molar-refractivity contribution < 1.29 is 4.74 Å². The first-order valence-electron chi connectivity index (χ1n) is 7.51. The average molecular weight is 324 g/mol. The molecule has 0 atom stereocenters. The molecular formula is C17H22ClNOS. The lowest BCUT2D eigenvalue weighted by Gasteiger charge is -2.05. The molecule has 1 heterocycles. The Kier molecular flexibility index (Phi) is 7.20. The largest absolute Gasteiger partial charge is 0.377 e. The number of hydrogen-bond acceptors (Lipinski definition) is 3. The number of alkyl halides is 1. The maximum atomic E-state index is 5.78. The topological polar surface area (TPSA) is 22.1 Å². The summed E-state index contributed by atoms with van der Waals surface area (Å²) in [6, 6.07) is 8.44. The van der Waals surface area contributed by atoms with Crippen LogP contribution >= 0.6 is 22.9 Å². The number of thiazole rings is 1. The van der Waals surface area contributed by atoms with E-state index in [0.717, 1.165) is 29.3 Å².